The van der Waals surface area contributed by atoms with Crippen molar-refractivity contribution in [3.8, 4) is 12.3 Å². The zero-order valence-electron chi connectivity index (χ0n) is 14.0. The minimum Gasteiger partial charge on any atom is -0.355 e. The molecule has 0 aromatic heterocycles. The van der Waals surface area contributed by atoms with E-state index >= 15 is 0 Å². The molecular formula is C18H31N3O. The molecule has 1 aliphatic carbocycles. The van der Waals surface area contributed by atoms with Gasteiger partial charge in [0, 0.05) is 25.0 Å². The van der Waals surface area contributed by atoms with Gasteiger partial charge in [0.25, 0.3) is 0 Å². The lowest BCUT2D eigenvalue weighted by Gasteiger charge is -2.32. The third kappa shape index (κ3) is 5.30. The molecule has 2 aliphatic rings. The average molecular weight is 305 g/mol. The summed E-state index contributed by atoms with van der Waals surface area (Å²) in [7, 11) is 2.19. The lowest BCUT2D eigenvalue weighted by Crippen LogP contribution is -2.43. The van der Waals surface area contributed by atoms with Crippen molar-refractivity contribution in [3.63, 3.8) is 0 Å². The Hall–Kier alpha value is -1.05. The highest BCUT2D eigenvalue weighted by molar-refractivity contribution is 5.78. The molecule has 1 saturated heterocycles. The molecule has 1 aliphatic heterocycles. The number of terminal acetylenes is 1. The zero-order chi connectivity index (χ0) is 15.8. The smallest absolute Gasteiger partial charge is 0.223 e. The second-order valence-electron chi connectivity index (χ2n) is 6.82. The maximum atomic E-state index is 12.2. The largest absolute Gasteiger partial charge is 0.355 e. The summed E-state index contributed by atoms with van der Waals surface area (Å²) in [5, 5.41) is 3.13. The second kappa shape index (κ2) is 9.17. The number of rotatable bonds is 6. The summed E-state index contributed by atoms with van der Waals surface area (Å²) < 4.78 is 0. The number of hydrogen-bond donors (Lipinski definition) is 1. The number of hydrogen-bond acceptors (Lipinski definition) is 3. The number of nitrogens with zero attached hydrogens (tertiary/aromatic N) is 2. The SMILES string of the molecule is C#CCN1CCC(C(=O)NCCN(C)C2CCCCC2)CC1. The van der Waals surface area contributed by atoms with Gasteiger partial charge in [-0.3, -0.25) is 9.69 Å². The molecule has 2 rings (SSSR count). The minimum absolute atomic E-state index is 0.175. The Bertz CT molecular complexity index is 376. The van der Waals surface area contributed by atoms with Gasteiger partial charge in [0.2, 0.25) is 5.91 Å². The van der Waals surface area contributed by atoms with Gasteiger partial charge in [-0.1, -0.05) is 25.2 Å². The molecule has 0 bridgehead atoms. The lowest BCUT2D eigenvalue weighted by atomic mass is 9.94. The number of carbonyl (C=O) groups excluding carboxylic acids is 1. The predicted molar refractivity (Wildman–Crippen MR) is 90.5 cm³/mol. The van der Waals surface area contributed by atoms with Gasteiger partial charge in [-0.15, -0.1) is 6.42 Å². The number of likely N-dealkylation sites (tertiary alicyclic amines) is 1. The molecule has 4 nitrogen and oxygen atoms in total. The Morgan fingerprint density at radius 2 is 1.91 bits per heavy atom. The molecule has 22 heavy (non-hydrogen) atoms. The van der Waals surface area contributed by atoms with Crippen LogP contribution in [0, 0.1) is 18.3 Å². The molecule has 1 amide bonds. The van der Waals surface area contributed by atoms with Crippen LogP contribution in [0.4, 0.5) is 0 Å². The first-order chi connectivity index (χ1) is 10.7. The number of nitrogens with one attached hydrogen (secondary N) is 1. The van der Waals surface area contributed by atoms with Crippen LogP contribution in [0.5, 0.6) is 0 Å². The Morgan fingerprint density at radius 1 is 1.23 bits per heavy atom. The third-order valence-electron chi connectivity index (χ3n) is 5.24. The molecule has 1 N–H and O–H groups in total. The van der Waals surface area contributed by atoms with Crippen molar-refractivity contribution in [2.45, 2.75) is 51.0 Å². The fourth-order valence-corrected chi connectivity index (χ4v) is 3.69. The van der Waals surface area contributed by atoms with Crippen LogP contribution in [0.3, 0.4) is 0 Å². The van der Waals surface area contributed by atoms with Gasteiger partial charge in [-0.25, -0.2) is 0 Å². The van der Waals surface area contributed by atoms with E-state index in [1.807, 2.05) is 0 Å². The minimum atomic E-state index is 0.175. The number of likely N-dealkylation sites (N-methyl/N-ethyl adjacent to an activating group) is 1. The number of carbonyl (C=O) groups is 1. The molecule has 0 radical (unpaired) electrons. The Morgan fingerprint density at radius 3 is 2.55 bits per heavy atom. The van der Waals surface area contributed by atoms with E-state index in [1.165, 1.54) is 32.1 Å². The van der Waals surface area contributed by atoms with E-state index in [0.29, 0.717) is 6.54 Å². The van der Waals surface area contributed by atoms with E-state index in [1.54, 1.807) is 0 Å². The van der Waals surface area contributed by atoms with Crippen LogP contribution in [0.25, 0.3) is 0 Å². The van der Waals surface area contributed by atoms with E-state index in [2.05, 4.69) is 28.1 Å². The number of piperidine rings is 1. The Labute approximate surface area is 135 Å². The van der Waals surface area contributed by atoms with Gasteiger partial charge in [-0.05, 0) is 45.8 Å². The molecule has 0 atom stereocenters. The van der Waals surface area contributed by atoms with Crippen LogP contribution >= 0.6 is 0 Å². The maximum absolute atomic E-state index is 12.2. The van der Waals surface area contributed by atoms with Crippen molar-refractivity contribution < 1.29 is 4.79 Å². The van der Waals surface area contributed by atoms with Crippen LogP contribution in [0.2, 0.25) is 0 Å². The predicted octanol–water partition coefficient (Wildman–Crippen LogP) is 1.71. The summed E-state index contributed by atoms with van der Waals surface area (Å²) in [5.74, 6) is 3.09. The molecule has 4 heteroatoms. The van der Waals surface area contributed by atoms with E-state index in [9.17, 15) is 4.79 Å². The van der Waals surface area contributed by atoms with Crippen LogP contribution in [0.1, 0.15) is 44.9 Å². The van der Waals surface area contributed by atoms with Gasteiger partial charge in [0.1, 0.15) is 0 Å². The van der Waals surface area contributed by atoms with Crippen molar-refractivity contribution in [1.29, 1.82) is 0 Å². The van der Waals surface area contributed by atoms with Crippen molar-refractivity contribution in [3.05, 3.63) is 0 Å². The molecule has 0 unspecified atom stereocenters. The third-order valence-corrected chi connectivity index (χ3v) is 5.24. The molecular weight excluding hydrogens is 274 g/mol. The van der Waals surface area contributed by atoms with Crippen LogP contribution in [0.15, 0.2) is 0 Å². The molecule has 1 saturated carbocycles. The Kier molecular flexibility index (Phi) is 7.21. The number of amides is 1. The lowest BCUT2D eigenvalue weighted by molar-refractivity contribution is -0.126. The fourth-order valence-electron chi connectivity index (χ4n) is 3.69. The molecule has 0 aromatic rings. The molecule has 124 valence electrons. The summed E-state index contributed by atoms with van der Waals surface area (Å²) in [6.45, 7) is 4.35. The summed E-state index contributed by atoms with van der Waals surface area (Å²) in [4.78, 5) is 16.9. The Balaban J connectivity index is 1.60. The molecule has 1 heterocycles. The highest BCUT2D eigenvalue weighted by atomic mass is 16.1. The first-order valence-corrected chi connectivity index (χ1v) is 8.84. The monoisotopic (exact) mass is 305 g/mol. The normalized spacial score (nSPS) is 21.7. The second-order valence-corrected chi connectivity index (χ2v) is 6.82. The van der Waals surface area contributed by atoms with Crippen molar-refractivity contribution >= 4 is 5.91 Å². The maximum Gasteiger partial charge on any atom is 0.223 e. The standard InChI is InChI=1S/C18H31N3O/c1-3-12-21-13-9-16(10-14-21)18(22)19-11-15-20(2)17-7-5-4-6-8-17/h1,16-17H,4-15H2,2H3,(H,19,22). The molecule has 0 aromatic carbocycles. The average Bonchev–Trinajstić information content (AvgIpc) is 2.56. The quantitative estimate of drug-likeness (QED) is 0.759. The summed E-state index contributed by atoms with van der Waals surface area (Å²) in [5.41, 5.74) is 0. The zero-order valence-corrected chi connectivity index (χ0v) is 14.0. The first kappa shape index (κ1) is 17.3. The van der Waals surface area contributed by atoms with E-state index in [4.69, 9.17) is 6.42 Å². The van der Waals surface area contributed by atoms with Crippen molar-refractivity contribution in [2.75, 3.05) is 39.8 Å². The van der Waals surface area contributed by atoms with E-state index in [0.717, 1.165) is 45.1 Å². The van der Waals surface area contributed by atoms with Gasteiger partial charge >= 0.3 is 0 Å². The molecule has 0 spiro atoms. The van der Waals surface area contributed by atoms with Crippen molar-refractivity contribution in [1.82, 2.24) is 15.1 Å². The van der Waals surface area contributed by atoms with Crippen LogP contribution in [-0.2, 0) is 4.79 Å². The fraction of sp³-hybridized carbons (Fsp3) is 0.833. The van der Waals surface area contributed by atoms with E-state index < -0.39 is 0 Å². The molecule has 2 fully saturated rings. The van der Waals surface area contributed by atoms with Crippen LogP contribution in [-0.4, -0.2) is 61.5 Å². The van der Waals surface area contributed by atoms with Crippen molar-refractivity contribution in [2.24, 2.45) is 5.92 Å². The van der Waals surface area contributed by atoms with Gasteiger partial charge < -0.3 is 10.2 Å². The summed E-state index contributed by atoms with van der Waals surface area (Å²) >= 11 is 0. The van der Waals surface area contributed by atoms with Gasteiger partial charge in [-0.2, -0.15) is 0 Å². The highest BCUT2D eigenvalue weighted by Gasteiger charge is 2.24. The highest BCUT2D eigenvalue weighted by Crippen LogP contribution is 2.21. The van der Waals surface area contributed by atoms with Gasteiger partial charge in [0.05, 0.1) is 6.54 Å². The first-order valence-electron chi connectivity index (χ1n) is 8.84. The summed E-state index contributed by atoms with van der Waals surface area (Å²) in [6.07, 6.45) is 13.9. The van der Waals surface area contributed by atoms with E-state index in [-0.39, 0.29) is 11.8 Å². The van der Waals surface area contributed by atoms with Gasteiger partial charge in [0.15, 0.2) is 0 Å². The summed E-state index contributed by atoms with van der Waals surface area (Å²) in [6, 6.07) is 0.720. The van der Waals surface area contributed by atoms with Crippen LogP contribution < -0.4 is 5.32 Å². The topological polar surface area (TPSA) is 35.6 Å².